The molecule has 0 aromatic carbocycles. The maximum absolute atomic E-state index is 11.3. The third-order valence-electron chi connectivity index (χ3n) is 2.81. The summed E-state index contributed by atoms with van der Waals surface area (Å²) in [5, 5.41) is 6.27. The highest BCUT2D eigenvalue weighted by Crippen LogP contribution is 2.17. The number of rotatable bonds is 5. The number of hydrogen-bond donors (Lipinski definition) is 2. The smallest absolute Gasteiger partial charge is 0.407 e. The van der Waals surface area contributed by atoms with Crippen LogP contribution in [0.25, 0.3) is 0 Å². The zero-order chi connectivity index (χ0) is 12.7. The SMILES string of the molecule is CC(C)(C)OC(=O)NCCCNC1CCCC1. The summed E-state index contributed by atoms with van der Waals surface area (Å²) in [6.07, 6.45) is 5.95. The molecule has 1 saturated carbocycles. The Bertz CT molecular complexity index is 230. The average Bonchev–Trinajstić information content (AvgIpc) is 2.67. The van der Waals surface area contributed by atoms with Gasteiger partial charge in [0.25, 0.3) is 0 Å². The number of ether oxygens (including phenoxy) is 1. The van der Waals surface area contributed by atoms with Gasteiger partial charge in [-0.05, 0) is 46.6 Å². The summed E-state index contributed by atoms with van der Waals surface area (Å²) in [5.74, 6) is 0. The molecule has 0 heterocycles. The van der Waals surface area contributed by atoms with Gasteiger partial charge in [-0.2, -0.15) is 0 Å². The first-order valence-corrected chi connectivity index (χ1v) is 6.67. The van der Waals surface area contributed by atoms with E-state index in [0.717, 1.165) is 13.0 Å². The molecule has 1 amide bonds. The Kier molecular flexibility index (Phi) is 5.75. The van der Waals surface area contributed by atoms with E-state index in [1.807, 2.05) is 20.8 Å². The van der Waals surface area contributed by atoms with Crippen LogP contribution in [0, 0.1) is 0 Å². The van der Waals surface area contributed by atoms with Gasteiger partial charge in [0.2, 0.25) is 0 Å². The molecule has 4 heteroatoms. The standard InChI is InChI=1S/C13H26N2O2/c1-13(2,3)17-12(16)15-10-6-9-14-11-7-4-5-8-11/h11,14H,4-10H2,1-3H3,(H,15,16). The van der Waals surface area contributed by atoms with Crippen molar-refractivity contribution in [3.05, 3.63) is 0 Å². The molecule has 1 rings (SSSR count). The average molecular weight is 242 g/mol. The molecule has 0 saturated heterocycles. The van der Waals surface area contributed by atoms with E-state index in [4.69, 9.17) is 4.74 Å². The lowest BCUT2D eigenvalue weighted by atomic mass is 10.2. The predicted molar refractivity (Wildman–Crippen MR) is 69.1 cm³/mol. The van der Waals surface area contributed by atoms with E-state index >= 15 is 0 Å². The van der Waals surface area contributed by atoms with Crippen molar-refractivity contribution in [2.45, 2.75) is 64.5 Å². The molecule has 0 aromatic rings. The molecule has 1 aliphatic carbocycles. The fourth-order valence-corrected chi connectivity index (χ4v) is 2.03. The Morgan fingerprint density at radius 2 is 1.88 bits per heavy atom. The van der Waals surface area contributed by atoms with Crippen molar-refractivity contribution >= 4 is 6.09 Å². The molecule has 4 nitrogen and oxygen atoms in total. The van der Waals surface area contributed by atoms with Crippen LogP contribution in [0.5, 0.6) is 0 Å². The molecular weight excluding hydrogens is 216 g/mol. The monoisotopic (exact) mass is 242 g/mol. The van der Waals surface area contributed by atoms with Crippen molar-refractivity contribution in [3.8, 4) is 0 Å². The van der Waals surface area contributed by atoms with Crippen molar-refractivity contribution < 1.29 is 9.53 Å². The van der Waals surface area contributed by atoms with Gasteiger partial charge in [-0.25, -0.2) is 4.79 Å². The zero-order valence-corrected chi connectivity index (χ0v) is 11.3. The fourth-order valence-electron chi connectivity index (χ4n) is 2.03. The summed E-state index contributed by atoms with van der Waals surface area (Å²) in [7, 11) is 0. The Morgan fingerprint density at radius 1 is 1.24 bits per heavy atom. The maximum atomic E-state index is 11.3. The van der Waals surface area contributed by atoms with Crippen molar-refractivity contribution in [2.24, 2.45) is 0 Å². The normalized spacial score (nSPS) is 17.1. The minimum absolute atomic E-state index is 0.321. The van der Waals surface area contributed by atoms with Crippen LogP contribution in [0.15, 0.2) is 0 Å². The Hall–Kier alpha value is -0.770. The number of carbonyl (C=O) groups excluding carboxylic acids is 1. The van der Waals surface area contributed by atoms with E-state index in [0.29, 0.717) is 12.6 Å². The lowest BCUT2D eigenvalue weighted by Crippen LogP contribution is -2.34. The van der Waals surface area contributed by atoms with E-state index in [1.165, 1.54) is 25.7 Å². The second-order valence-electron chi connectivity index (χ2n) is 5.72. The summed E-state index contributed by atoms with van der Waals surface area (Å²) in [4.78, 5) is 11.3. The largest absolute Gasteiger partial charge is 0.444 e. The summed E-state index contributed by atoms with van der Waals surface area (Å²) < 4.78 is 5.15. The van der Waals surface area contributed by atoms with Gasteiger partial charge in [0.05, 0.1) is 0 Å². The molecule has 17 heavy (non-hydrogen) atoms. The zero-order valence-electron chi connectivity index (χ0n) is 11.3. The minimum Gasteiger partial charge on any atom is -0.444 e. The maximum Gasteiger partial charge on any atom is 0.407 e. The van der Waals surface area contributed by atoms with Crippen LogP contribution in [-0.4, -0.2) is 30.8 Å². The first-order valence-electron chi connectivity index (χ1n) is 6.67. The number of hydrogen-bond acceptors (Lipinski definition) is 3. The Morgan fingerprint density at radius 3 is 2.47 bits per heavy atom. The molecule has 0 radical (unpaired) electrons. The van der Waals surface area contributed by atoms with Crippen molar-refractivity contribution in [3.63, 3.8) is 0 Å². The highest BCUT2D eigenvalue weighted by atomic mass is 16.6. The van der Waals surface area contributed by atoms with Crippen LogP contribution >= 0.6 is 0 Å². The molecule has 0 aromatic heterocycles. The van der Waals surface area contributed by atoms with Crippen LogP contribution in [0.1, 0.15) is 52.9 Å². The second-order valence-corrected chi connectivity index (χ2v) is 5.72. The molecule has 0 spiro atoms. The van der Waals surface area contributed by atoms with Crippen molar-refractivity contribution in [1.82, 2.24) is 10.6 Å². The van der Waals surface area contributed by atoms with Gasteiger partial charge in [-0.1, -0.05) is 12.8 Å². The van der Waals surface area contributed by atoms with E-state index in [2.05, 4.69) is 10.6 Å². The quantitative estimate of drug-likeness (QED) is 0.728. The van der Waals surface area contributed by atoms with Crippen LogP contribution in [0.2, 0.25) is 0 Å². The van der Waals surface area contributed by atoms with Gasteiger partial charge in [-0.15, -0.1) is 0 Å². The highest BCUT2D eigenvalue weighted by molar-refractivity contribution is 5.67. The second kappa shape index (κ2) is 6.84. The molecule has 0 aliphatic heterocycles. The van der Waals surface area contributed by atoms with Crippen molar-refractivity contribution in [1.29, 1.82) is 0 Å². The lowest BCUT2D eigenvalue weighted by Gasteiger charge is -2.19. The molecule has 0 bridgehead atoms. The van der Waals surface area contributed by atoms with Gasteiger partial charge in [0, 0.05) is 12.6 Å². The van der Waals surface area contributed by atoms with Gasteiger partial charge in [0.15, 0.2) is 0 Å². The molecule has 1 aliphatic rings. The van der Waals surface area contributed by atoms with Crippen LogP contribution in [0.3, 0.4) is 0 Å². The Labute approximate surface area is 104 Å². The first-order chi connectivity index (χ1) is 7.97. The van der Waals surface area contributed by atoms with E-state index in [9.17, 15) is 4.79 Å². The van der Waals surface area contributed by atoms with E-state index in [-0.39, 0.29) is 6.09 Å². The number of alkyl carbamates (subject to hydrolysis) is 1. The molecule has 2 N–H and O–H groups in total. The van der Waals surface area contributed by atoms with Crippen LogP contribution in [0.4, 0.5) is 4.79 Å². The van der Waals surface area contributed by atoms with Gasteiger partial charge < -0.3 is 15.4 Å². The molecular formula is C13H26N2O2. The third kappa shape index (κ3) is 7.21. The lowest BCUT2D eigenvalue weighted by molar-refractivity contribution is 0.0527. The molecule has 0 unspecified atom stereocenters. The number of carbonyl (C=O) groups is 1. The van der Waals surface area contributed by atoms with Crippen molar-refractivity contribution in [2.75, 3.05) is 13.1 Å². The number of nitrogens with one attached hydrogen (secondary N) is 2. The molecule has 100 valence electrons. The fraction of sp³-hybridized carbons (Fsp3) is 0.923. The summed E-state index contributed by atoms with van der Waals surface area (Å²) in [6.45, 7) is 7.26. The molecule has 1 fully saturated rings. The van der Waals surface area contributed by atoms with Gasteiger partial charge in [-0.3, -0.25) is 0 Å². The van der Waals surface area contributed by atoms with Crippen LogP contribution in [-0.2, 0) is 4.74 Å². The first kappa shape index (κ1) is 14.3. The minimum atomic E-state index is -0.411. The van der Waals surface area contributed by atoms with E-state index in [1.54, 1.807) is 0 Å². The van der Waals surface area contributed by atoms with E-state index < -0.39 is 5.60 Å². The number of amides is 1. The van der Waals surface area contributed by atoms with Crippen LogP contribution < -0.4 is 10.6 Å². The summed E-state index contributed by atoms with van der Waals surface area (Å²) in [5.41, 5.74) is -0.411. The topological polar surface area (TPSA) is 50.4 Å². The van der Waals surface area contributed by atoms with Gasteiger partial charge >= 0.3 is 6.09 Å². The summed E-state index contributed by atoms with van der Waals surface area (Å²) in [6, 6.07) is 0.705. The predicted octanol–water partition coefficient (Wildman–Crippen LogP) is 2.43. The Balaban J connectivity index is 1.94. The highest BCUT2D eigenvalue weighted by Gasteiger charge is 2.16. The summed E-state index contributed by atoms with van der Waals surface area (Å²) >= 11 is 0. The molecule has 0 atom stereocenters. The van der Waals surface area contributed by atoms with Gasteiger partial charge in [0.1, 0.15) is 5.60 Å². The third-order valence-corrected chi connectivity index (χ3v) is 2.81.